The Morgan fingerprint density at radius 1 is 0.846 bits per heavy atom. The highest BCUT2D eigenvalue weighted by atomic mass is 35.5. The Morgan fingerprint density at radius 2 is 1.46 bits per heavy atom. The molecule has 12 nitrogen and oxygen atoms in total. The van der Waals surface area contributed by atoms with Gasteiger partial charge in [-0.15, -0.1) is 21.6 Å². The Morgan fingerprint density at radius 3 is 2.08 bits per heavy atom. The van der Waals surface area contributed by atoms with Crippen molar-refractivity contribution in [3.05, 3.63) is 113 Å². The molecule has 0 aliphatic carbocycles. The van der Waals surface area contributed by atoms with Crippen LogP contribution in [0, 0.1) is 20.2 Å². The van der Waals surface area contributed by atoms with E-state index in [2.05, 4.69) is 20.3 Å². The minimum atomic E-state index is -0.659. The van der Waals surface area contributed by atoms with Gasteiger partial charge >= 0.3 is 5.56 Å². The fraction of sp³-hybridized carbons (Fsp3) is 0. The zero-order valence-electron chi connectivity index (χ0n) is 19.3. The maximum absolute atomic E-state index is 13.5. The largest absolute Gasteiger partial charge is 0.301 e. The predicted octanol–water partition coefficient (Wildman–Crippen LogP) is 7.49. The van der Waals surface area contributed by atoms with E-state index in [0.29, 0.717) is 16.4 Å². The molecule has 0 unspecified atom stereocenters. The van der Waals surface area contributed by atoms with Gasteiger partial charge in [-0.1, -0.05) is 53.5 Å². The summed E-state index contributed by atoms with van der Waals surface area (Å²) in [6.07, 6.45) is 0. The van der Waals surface area contributed by atoms with Crippen LogP contribution in [0.15, 0.2) is 87.1 Å². The fourth-order valence-electron chi connectivity index (χ4n) is 3.57. The van der Waals surface area contributed by atoms with E-state index in [1.165, 1.54) is 40.3 Å². The van der Waals surface area contributed by atoms with E-state index in [9.17, 15) is 25.0 Å². The van der Waals surface area contributed by atoms with E-state index in [1.54, 1.807) is 5.38 Å². The van der Waals surface area contributed by atoms with Crippen LogP contribution in [0.5, 0.6) is 0 Å². The first kappa shape index (κ1) is 25.9. The van der Waals surface area contributed by atoms with Gasteiger partial charge in [0, 0.05) is 40.8 Å². The number of halogens is 2. The summed E-state index contributed by atoms with van der Waals surface area (Å²) < 4.78 is 1.18. The first-order chi connectivity index (χ1) is 18.7. The number of benzene rings is 3. The van der Waals surface area contributed by atoms with E-state index in [4.69, 9.17) is 23.2 Å². The predicted molar refractivity (Wildman–Crippen MR) is 147 cm³/mol. The van der Waals surface area contributed by atoms with Crippen LogP contribution < -0.4 is 5.56 Å². The number of H-pyrrole nitrogens is 1. The molecule has 39 heavy (non-hydrogen) atoms. The quantitative estimate of drug-likeness (QED) is 0.119. The first-order valence-electron chi connectivity index (χ1n) is 10.9. The van der Waals surface area contributed by atoms with Crippen LogP contribution in [0.2, 0.25) is 10.0 Å². The molecule has 194 valence electrons. The summed E-state index contributed by atoms with van der Waals surface area (Å²) in [5.74, 6) is 0. The molecule has 5 rings (SSSR count). The van der Waals surface area contributed by atoms with Crippen LogP contribution in [-0.4, -0.2) is 24.6 Å². The Kier molecular flexibility index (Phi) is 7.02. The summed E-state index contributed by atoms with van der Waals surface area (Å²) in [4.78, 5) is 39.0. The number of nitro benzene ring substituents is 2. The second kappa shape index (κ2) is 10.6. The van der Waals surface area contributed by atoms with Crippen molar-refractivity contribution in [1.29, 1.82) is 0 Å². The molecule has 0 radical (unpaired) electrons. The van der Waals surface area contributed by atoms with Gasteiger partial charge in [0.05, 0.1) is 31.3 Å². The number of hydrogen-bond acceptors (Lipinski definition) is 9. The zero-order chi connectivity index (χ0) is 27.7. The number of nitrogens with one attached hydrogen (secondary N) is 1. The van der Waals surface area contributed by atoms with E-state index >= 15 is 0 Å². The molecule has 1 N–H and O–H groups in total. The first-order valence-corrected chi connectivity index (χ1v) is 12.5. The third kappa shape index (κ3) is 5.18. The van der Waals surface area contributed by atoms with Crippen LogP contribution in [0.1, 0.15) is 0 Å². The number of azo groups is 1. The van der Waals surface area contributed by atoms with Gasteiger partial charge < -0.3 is 0 Å². The minimum absolute atomic E-state index is 0.0775. The molecule has 2 heterocycles. The minimum Gasteiger partial charge on any atom is -0.286 e. The average Bonchev–Trinajstić information content (AvgIpc) is 3.53. The average molecular weight is 582 g/mol. The standard InChI is InChI=1S/C24H13Cl2N7O5S/c25-17-10-16(33(37)38)11-18(26)21(17)28-29-22-20(14-6-8-15(9-7-14)32(35)36)30-31(23(22)34)24-27-19(12-39-24)13-4-2-1-3-5-13/h1-12,30H. The molecule has 5 aromatic rings. The molecule has 0 atom stereocenters. The van der Waals surface area contributed by atoms with Crippen molar-refractivity contribution in [2.24, 2.45) is 10.2 Å². The van der Waals surface area contributed by atoms with Crippen LogP contribution in [0.25, 0.3) is 27.6 Å². The maximum Gasteiger partial charge on any atom is 0.301 e. The Bertz CT molecular complexity index is 1790. The third-order valence-corrected chi connectivity index (χ3v) is 6.85. The molecule has 0 spiro atoms. The van der Waals surface area contributed by atoms with E-state index in [-0.39, 0.29) is 38.5 Å². The molecule has 0 bridgehead atoms. The van der Waals surface area contributed by atoms with Gasteiger partial charge in [0.15, 0.2) is 5.69 Å². The zero-order valence-corrected chi connectivity index (χ0v) is 21.6. The summed E-state index contributed by atoms with van der Waals surface area (Å²) in [7, 11) is 0. The maximum atomic E-state index is 13.5. The molecule has 2 aromatic heterocycles. The normalized spacial score (nSPS) is 11.2. The number of rotatable bonds is 7. The molecule has 0 aliphatic heterocycles. The van der Waals surface area contributed by atoms with Gasteiger partial charge in [0.1, 0.15) is 5.69 Å². The number of thiazole rings is 1. The molecule has 0 aliphatic rings. The molecule has 0 fully saturated rings. The summed E-state index contributed by atoms with van der Waals surface area (Å²) in [6.45, 7) is 0. The van der Waals surface area contributed by atoms with Crippen molar-refractivity contribution >= 4 is 57.3 Å². The smallest absolute Gasteiger partial charge is 0.286 e. The molecular formula is C24H13Cl2N7O5S. The fourth-order valence-corrected chi connectivity index (χ4v) is 4.91. The molecular weight excluding hydrogens is 569 g/mol. The second-order valence-electron chi connectivity index (χ2n) is 7.88. The number of nitro groups is 2. The van der Waals surface area contributed by atoms with Crippen LogP contribution in [0.4, 0.5) is 22.7 Å². The van der Waals surface area contributed by atoms with Gasteiger partial charge in [-0.2, -0.15) is 4.68 Å². The highest BCUT2D eigenvalue weighted by molar-refractivity contribution is 7.12. The topological polar surface area (TPSA) is 162 Å². The highest BCUT2D eigenvalue weighted by Gasteiger charge is 2.21. The Labute approximate surface area is 232 Å². The third-order valence-electron chi connectivity index (χ3n) is 5.45. The highest BCUT2D eigenvalue weighted by Crippen LogP contribution is 2.38. The van der Waals surface area contributed by atoms with Crippen molar-refractivity contribution in [1.82, 2.24) is 14.8 Å². The Balaban J connectivity index is 1.63. The van der Waals surface area contributed by atoms with Crippen molar-refractivity contribution in [3.63, 3.8) is 0 Å². The van der Waals surface area contributed by atoms with Crippen LogP contribution >= 0.6 is 34.5 Å². The lowest BCUT2D eigenvalue weighted by Gasteiger charge is -2.01. The second-order valence-corrected chi connectivity index (χ2v) is 9.53. The van der Waals surface area contributed by atoms with Gasteiger partial charge in [0.25, 0.3) is 11.4 Å². The van der Waals surface area contributed by atoms with E-state index in [1.807, 2.05) is 30.3 Å². The van der Waals surface area contributed by atoms with E-state index in [0.717, 1.165) is 17.7 Å². The van der Waals surface area contributed by atoms with E-state index < -0.39 is 15.4 Å². The lowest BCUT2D eigenvalue weighted by atomic mass is 10.1. The molecule has 0 amide bonds. The van der Waals surface area contributed by atoms with Crippen LogP contribution in [0.3, 0.4) is 0 Å². The number of aromatic amines is 1. The van der Waals surface area contributed by atoms with Gasteiger partial charge in [-0.3, -0.25) is 30.1 Å². The van der Waals surface area contributed by atoms with Gasteiger partial charge in [-0.05, 0) is 12.1 Å². The van der Waals surface area contributed by atoms with Crippen molar-refractivity contribution in [3.8, 4) is 27.6 Å². The van der Waals surface area contributed by atoms with Crippen molar-refractivity contribution < 1.29 is 9.85 Å². The SMILES string of the molecule is O=c1c(N=Nc2c(Cl)cc([N+](=O)[O-])cc2Cl)c(-c2ccc([N+](=O)[O-])cc2)[nH]n1-c1nc(-c2ccccc2)cs1. The molecule has 0 saturated carbocycles. The Hall–Kier alpha value is -4.72. The van der Waals surface area contributed by atoms with Gasteiger partial charge in [-0.25, -0.2) is 4.98 Å². The summed E-state index contributed by atoms with van der Waals surface area (Å²) in [5, 5.41) is 35.1. The van der Waals surface area contributed by atoms with Crippen LogP contribution in [-0.2, 0) is 0 Å². The lowest BCUT2D eigenvalue weighted by Crippen LogP contribution is -2.13. The number of hydrogen-bond donors (Lipinski definition) is 1. The lowest BCUT2D eigenvalue weighted by molar-refractivity contribution is -0.385. The monoisotopic (exact) mass is 581 g/mol. The molecule has 0 saturated heterocycles. The number of non-ortho nitro benzene ring substituents is 2. The van der Waals surface area contributed by atoms with Crippen molar-refractivity contribution in [2.45, 2.75) is 0 Å². The van der Waals surface area contributed by atoms with Crippen molar-refractivity contribution in [2.75, 3.05) is 0 Å². The molecule has 15 heteroatoms. The van der Waals surface area contributed by atoms with Gasteiger partial charge in [0.2, 0.25) is 5.13 Å². The number of aromatic nitrogens is 3. The summed E-state index contributed by atoms with van der Waals surface area (Å²) in [5.41, 5.74) is 0.792. The summed E-state index contributed by atoms with van der Waals surface area (Å²) in [6, 6.07) is 17.0. The number of nitrogens with zero attached hydrogens (tertiary/aromatic N) is 6. The molecule has 3 aromatic carbocycles. The summed E-state index contributed by atoms with van der Waals surface area (Å²) >= 11 is 13.5.